The van der Waals surface area contributed by atoms with Gasteiger partial charge in [-0.2, -0.15) is 0 Å². The standard InChI is InChI=1S/C17H19Br/c1-12-5-7-13(8-6-12)15-10-9-14(11-16(15)18)17(2,3)4/h5-11H,1-4H3. The second-order valence-corrected chi connectivity index (χ2v) is 6.66. The molecular formula is C17H19Br. The molecular weight excluding hydrogens is 284 g/mol. The second-order valence-electron chi connectivity index (χ2n) is 5.81. The molecule has 2 aromatic carbocycles. The van der Waals surface area contributed by atoms with Crippen LogP contribution in [0.4, 0.5) is 0 Å². The van der Waals surface area contributed by atoms with Gasteiger partial charge in [0.05, 0.1) is 0 Å². The van der Waals surface area contributed by atoms with Crippen LogP contribution in [0.3, 0.4) is 0 Å². The van der Waals surface area contributed by atoms with E-state index in [2.05, 4.69) is 86.1 Å². The fraction of sp³-hybridized carbons (Fsp3) is 0.294. The monoisotopic (exact) mass is 302 g/mol. The van der Waals surface area contributed by atoms with E-state index in [-0.39, 0.29) is 5.41 Å². The number of aryl methyl sites for hydroxylation is 1. The second kappa shape index (κ2) is 4.89. The first-order valence-electron chi connectivity index (χ1n) is 6.25. The van der Waals surface area contributed by atoms with E-state index in [1.807, 2.05) is 0 Å². The van der Waals surface area contributed by atoms with Gasteiger partial charge in [-0.25, -0.2) is 0 Å². The van der Waals surface area contributed by atoms with Crippen LogP contribution in [-0.4, -0.2) is 0 Å². The molecule has 0 unspecified atom stereocenters. The van der Waals surface area contributed by atoms with E-state index in [0.29, 0.717) is 0 Å². The predicted octanol–water partition coefficient (Wildman–Crippen LogP) is 5.72. The van der Waals surface area contributed by atoms with Crippen molar-refractivity contribution in [3.05, 3.63) is 58.1 Å². The molecule has 18 heavy (non-hydrogen) atoms. The number of hydrogen-bond acceptors (Lipinski definition) is 0. The molecule has 0 aliphatic heterocycles. The maximum atomic E-state index is 3.69. The van der Waals surface area contributed by atoms with Crippen LogP contribution >= 0.6 is 15.9 Å². The van der Waals surface area contributed by atoms with Gasteiger partial charge in [-0.3, -0.25) is 0 Å². The molecule has 2 rings (SSSR count). The quantitative estimate of drug-likeness (QED) is 0.632. The Morgan fingerprint density at radius 3 is 2.00 bits per heavy atom. The summed E-state index contributed by atoms with van der Waals surface area (Å²) in [5.74, 6) is 0. The van der Waals surface area contributed by atoms with Crippen molar-refractivity contribution in [2.75, 3.05) is 0 Å². The molecule has 0 nitrogen and oxygen atoms in total. The Bertz CT molecular complexity index is 545. The Morgan fingerprint density at radius 1 is 0.889 bits per heavy atom. The highest BCUT2D eigenvalue weighted by Crippen LogP contribution is 2.33. The molecule has 0 amide bonds. The number of rotatable bonds is 1. The third-order valence-corrected chi connectivity index (χ3v) is 3.85. The molecule has 0 saturated heterocycles. The van der Waals surface area contributed by atoms with Gasteiger partial charge in [0.2, 0.25) is 0 Å². The average molecular weight is 303 g/mol. The zero-order valence-electron chi connectivity index (χ0n) is 11.4. The summed E-state index contributed by atoms with van der Waals surface area (Å²) in [4.78, 5) is 0. The van der Waals surface area contributed by atoms with Gasteiger partial charge in [0.25, 0.3) is 0 Å². The zero-order valence-corrected chi connectivity index (χ0v) is 13.0. The van der Waals surface area contributed by atoms with Crippen molar-refractivity contribution < 1.29 is 0 Å². The van der Waals surface area contributed by atoms with E-state index in [1.165, 1.54) is 26.7 Å². The minimum absolute atomic E-state index is 0.189. The predicted molar refractivity (Wildman–Crippen MR) is 83.0 cm³/mol. The van der Waals surface area contributed by atoms with E-state index in [9.17, 15) is 0 Å². The smallest absolute Gasteiger partial charge is 0.0256 e. The van der Waals surface area contributed by atoms with Crippen LogP contribution < -0.4 is 0 Å². The zero-order chi connectivity index (χ0) is 13.3. The van der Waals surface area contributed by atoms with Crippen molar-refractivity contribution in [3.8, 4) is 11.1 Å². The molecule has 94 valence electrons. The largest absolute Gasteiger partial charge is 0.0587 e. The Balaban J connectivity index is 2.45. The van der Waals surface area contributed by atoms with Crippen LogP contribution in [-0.2, 0) is 5.41 Å². The summed E-state index contributed by atoms with van der Waals surface area (Å²) in [6.07, 6.45) is 0. The first-order chi connectivity index (χ1) is 8.38. The van der Waals surface area contributed by atoms with Gasteiger partial charge in [-0.05, 0) is 35.1 Å². The summed E-state index contributed by atoms with van der Waals surface area (Å²) in [6, 6.07) is 15.3. The lowest BCUT2D eigenvalue weighted by atomic mass is 9.86. The number of benzene rings is 2. The average Bonchev–Trinajstić information content (AvgIpc) is 2.29. The lowest BCUT2D eigenvalue weighted by Gasteiger charge is -2.20. The van der Waals surface area contributed by atoms with E-state index < -0.39 is 0 Å². The third-order valence-electron chi connectivity index (χ3n) is 3.20. The van der Waals surface area contributed by atoms with Gasteiger partial charge in [-0.15, -0.1) is 0 Å². The summed E-state index contributed by atoms with van der Waals surface area (Å²) >= 11 is 3.69. The van der Waals surface area contributed by atoms with E-state index in [4.69, 9.17) is 0 Å². The van der Waals surface area contributed by atoms with Gasteiger partial charge >= 0.3 is 0 Å². The molecule has 0 aliphatic carbocycles. The Labute approximate surface area is 118 Å². The van der Waals surface area contributed by atoms with Gasteiger partial charge in [-0.1, -0.05) is 78.7 Å². The van der Waals surface area contributed by atoms with Crippen molar-refractivity contribution in [2.45, 2.75) is 33.1 Å². The number of halogens is 1. The molecule has 0 spiro atoms. The molecule has 2 aromatic rings. The first kappa shape index (κ1) is 13.4. The van der Waals surface area contributed by atoms with Gasteiger partial charge in [0.15, 0.2) is 0 Å². The van der Waals surface area contributed by atoms with Crippen LogP contribution in [0.1, 0.15) is 31.9 Å². The maximum absolute atomic E-state index is 3.69. The fourth-order valence-corrected chi connectivity index (χ4v) is 2.56. The highest BCUT2D eigenvalue weighted by molar-refractivity contribution is 9.10. The highest BCUT2D eigenvalue weighted by Gasteiger charge is 2.15. The van der Waals surface area contributed by atoms with Crippen LogP contribution in [0.2, 0.25) is 0 Å². The highest BCUT2D eigenvalue weighted by atomic mass is 79.9. The van der Waals surface area contributed by atoms with E-state index >= 15 is 0 Å². The van der Waals surface area contributed by atoms with Crippen molar-refractivity contribution in [2.24, 2.45) is 0 Å². The van der Waals surface area contributed by atoms with E-state index in [1.54, 1.807) is 0 Å². The molecule has 0 radical (unpaired) electrons. The van der Waals surface area contributed by atoms with Crippen molar-refractivity contribution in [1.29, 1.82) is 0 Å². The van der Waals surface area contributed by atoms with Crippen LogP contribution in [0.15, 0.2) is 46.9 Å². The topological polar surface area (TPSA) is 0 Å². The summed E-state index contributed by atoms with van der Waals surface area (Å²) in [5.41, 5.74) is 5.34. The molecule has 0 fully saturated rings. The summed E-state index contributed by atoms with van der Waals surface area (Å²) < 4.78 is 1.17. The summed E-state index contributed by atoms with van der Waals surface area (Å²) in [7, 11) is 0. The molecule has 0 atom stereocenters. The van der Waals surface area contributed by atoms with Crippen molar-refractivity contribution in [3.63, 3.8) is 0 Å². The molecule has 0 heterocycles. The van der Waals surface area contributed by atoms with Crippen molar-refractivity contribution in [1.82, 2.24) is 0 Å². The molecule has 0 aromatic heterocycles. The van der Waals surface area contributed by atoms with Gasteiger partial charge in [0.1, 0.15) is 0 Å². The maximum Gasteiger partial charge on any atom is 0.0256 e. The molecule has 1 heteroatoms. The van der Waals surface area contributed by atoms with E-state index in [0.717, 1.165) is 0 Å². The first-order valence-corrected chi connectivity index (χ1v) is 7.04. The van der Waals surface area contributed by atoms with Gasteiger partial charge in [0, 0.05) is 4.47 Å². The fourth-order valence-electron chi connectivity index (χ4n) is 1.95. The molecule has 0 saturated carbocycles. The lowest BCUT2D eigenvalue weighted by molar-refractivity contribution is 0.590. The SMILES string of the molecule is Cc1ccc(-c2ccc(C(C)(C)C)cc2Br)cc1. The Kier molecular flexibility index (Phi) is 3.63. The Hall–Kier alpha value is -1.08. The van der Waals surface area contributed by atoms with Gasteiger partial charge < -0.3 is 0 Å². The molecule has 0 N–H and O–H groups in total. The minimum atomic E-state index is 0.189. The Morgan fingerprint density at radius 2 is 1.50 bits per heavy atom. The third kappa shape index (κ3) is 2.84. The van der Waals surface area contributed by atoms with Crippen molar-refractivity contribution >= 4 is 15.9 Å². The molecule has 0 bridgehead atoms. The summed E-state index contributed by atoms with van der Waals surface area (Å²) in [5, 5.41) is 0. The van der Waals surface area contributed by atoms with Crippen LogP contribution in [0.25, 0.3) is 11.1 Å². The normalized spacial score (nSPS) is 11.6. The summed E-state index contributed by atoms with van der Waals surface area (Å²) in [6.45, 7) is 8.82. The minimum Gasteiger partial charge on any atom is -0.0587 e. The lowest BCUT2D eigenvalue weighted by Crippen LogP contribution is -2.10. The van der Waals surface area contributed by atoms with Crippen LogP contribution in [0, 0.1) is 6.92 Å². The van der Waals surface area contributed by atoms with Crippen LogP contribution in [0.5, 0.6) is 0 Å². The molecule has 0 aliphatic rings. The number of hydrogen-bond donors (Lipinski definition) is 0.